The quantitative estimate of drug-likeness (QED) is 0.807. The van der Waals surface area contributed by atoms with E-state index in [2.05, 4.69) is 42.8 Å². The van der Waals surface area contributed by atoms with E-state index in [1.165, 1.54) is 25.9 Å². The van der Waals surface area contributed by atoms with Crippen LogP contribution >= 0.6 is 15.9 Å². The summed E-state index contributed by atoms with van der Waals surface area (Å²) in [5.41, 5.74) is 1.05. The molecule has 0 spiro atoms. The molecule has 1 radical (unpaired) electrons. The van der Waals surface area contributed by atoms with Crippen molar-refractivity contribution < 1.29 is 0 Å². The molecule has 4 nitrogen and oxygen atoms in total. The van der Waals surface area contributed by atoms with E-state index in [-0.39, 0.29) is 0 Å². The van der Waals surface area contributed by atoms with E-state index in [1.807, 2.05) is 6.20 Å². The number of aromatic nitrogens is 2. The maximum atomic E-state index is 4.15. The van der Waals surface area contributed by atoms with Crippen molar-refractivity contribution in [3.8, 4) is 0 Å². The Morgan fingerprint density at radius 1 is 1.44 bits per heavy atom. The van der Waals surface area contributed by atoms with E-state index in [0.29, 0.717) is 0 Å². The lowest BCUT2D eigenvalue weighted by Gasteiger charge is -2.26. The molecule has 1 aliphatic rings. The number of aromatic amines is 1. The van der Waals surface area contributed by atoms with Gasteiger partial charge in [0, 0.05) is 25.8 Å². The van der Waals surface area contributed by atoms with Gasteiger partial charge in [-0.25, -0.2) is 0 Å². The van der Waals surface area contributed by atoms with Crippen molar-refractivity contribution in [1.29, 1.82) is 0 Å². The second-order valence-corrected chi connectivity index (χ2v) is 4.92. The van der Waals surface area contributed by atoms with Crippen molar-refractivity contribution in [2.45, 2.75) is 19.4 Å². The predicted molar refractivity (Wildman–Crippen MR) is 68.0 cm³/mol. The van der Waals surface area contributed by atoms with Gasteiger partial charge >= 0.3 is 0 Å². The normalized spacial score (nSPS) is 17.8. The molecule has 1 aromatic heterocycles. The van der Waals surface area contributed by atoms with Gasteiger partial charge in [-0.3, -0.25) is 5.10 Å². The number of H-pyrrole nitrogens is 1. The zero-order valence-corrected chi connectivity index (χ0v) is 11.0. The molecule has 0 atom stereocenters. The number of halogens is 1. The molecule has 5 heteroatoms. The second-order valence-electron chi connectivity index (χ2n) is 4.06. The molecule has 1 fully saturated rings. The van der Waals surface area contributed by atoms with Gasteiger partial charge in [0.1, 0.15) is 0 Å². The monoisotopic (exact) mass is 285 g/mol. The Balaban J connectivity index is 1.59. The van der Waals surface area contributed by atoms with Gasteiger partial charge in [-0.1, -0.05) is 0 Å². The van der Waals surface area contributed by atoms with Crippen LogP contribution < -0.4 is 5.32 Å². The topological polar surface area (TPSA) is 44.0 Å². The minimum atomic E-state index is 0.823. The highest BCUT2D eigenvalue weighted by atomic mass is 79.9. The van der Waals surface area contributed by atoms with Crippen LogP contribution in [-0.4, -0.2) is 41.3 Å². The lowest BCUT2D eigenvalue weighted by atomic mass is 10.1. The lowest BCUT2D eigenvalue weighted by molar-refractivity contribution is 0.254. The highest BCUT2D eigenvalue weighted by Gasteiger charge is 2.09. The largest absolute Gasteiger partial charge is 0.310 e. The summed E-state index contributed by atoms with van der Waals surface area (Å²) in [6.07, 6.45) is 6.72. The Labute approximate surface area is 105 Å². The first-order valence-electron chi connectivity index (χ1n) is 5.79. The third-order valence-electron chi connectivity index (χ3n) is 2.86. The fraction of sp³-hybridized carbons (Fsp3) is 0.636. The molecule has 16 heavy (non-hydrogen) atoms. The summed E-state index contributed by atoms with van der Waals surface area (Å²) in [7, 11) is 0. The van der Waals surface area contributed by atoms with Crippen molar-refractivity contribution >= 4 is 15.9 Å². The van der Waals surface area contributed by atoms with Crippen molar-refractivity contribution in [1.82, 2.24) is 20.4 Å². The molecule has 0 aromatic carbocycles. The molecule has 2 rings (SSSR count). The highest BCUT2D eigenvalue weighted by molar-refractivity contribution is 9.10. The highest BCUT2D eigenvalue weighted by Crippen LogP contribution is 2.11. The van der Waals surface area contributed by atoms with Gasteiger partial charge in [-0.2, -0.15) is 5.10 Å². The number of nitrogens with one attached hydrogen (secondary N) is 2. The first-order valence-corrected chi connectivity index (χ1v) is 6.58. The van der Waals surface area contributed by atoms with E-state index in [1.54, 1.807) is 0 Å². The van der Waals surface area contributed by atoms with Crippen LogP contribution in [0.4, 0.5) is 0 Å². The fourth-order valence-corrected chi connectivity index (χ4v) is 2.23. The molecule has 1 aromatic rings. The summed E-state index contributed by atoms with van der Waals surface area (Å²) in [5, 5.41) is 10.4. The van der Waals surface area contributed by atoms with Crippen LogP contribution in [0.15, 0.2) is 10.7 Å². The van der Waals surface area contributed by atoms with Crippen LogP contribution in [0.2, 0.25) is 0 Å². The van der Waals surface area contributed by atoms with Gasteiger partial charge in [-0.15, -0.1) is 0 Å². The molecule has 0 amide bonds. The Bertz CT molecular complexity index is 307. The van der Waals surface area contributed by atoms with Crippen molar-refractivity contribution in [3.05, 3.63) is 22.8 Å². The Hall–Kier alpha value is -0.390. The van der Waals surface area contributed by atoms with E-state index in [9.17, 15) is 0 Å². The minimum Gasteiger partial charge on any atom is -0.310 e. The summed E-state index contributed by atoms with van der Waals surface area (Å²) >= 11 is 3.45. The number of rotatable bonds is 5. The van der Waals surface area contributed by atoms with E-state index < -0.39 is 0 Å². The molecule has 0 aliphatic carbocycles. The van der Waals surface area contributed by atoms with Gasteiger partial charge in [0.2, 0.25) is 0 Å². The van der Waals surface area contributed by atoms with Crippen LogP contribution in [0, 0.1) is 6.42 Å². The van der Waals surface area contributed by atoms with Gasteiger partial charge in [0.15, 0.2) is 0 Å². The van der Waals surface area contributed by atoms with Gasteiger partial charge < -0.3 is 10.2 Å². The Morgan fingerprint density at radius 3 is 2.94 bits per heavy atom. The van der Waals surface area contributed by atoms with E-state index in [0.717, 1.165) is 29.8 Å². The fourth-order valence-electron chi connectivity index (χ4n) is 1.90. The molecule has 0 bridgehead atoms. The molecular weight excluding hydrogens is 268 g/mol. The van der Waals surface area contributed by atoms with Gasteiger partial charge in [0.25, 0.3) is 0 Å². The zero-order chi connectivity index (χ0) is 11.2. The summed E-state index contributed by atoms with van der Waals surface area (Å²) in [5.74, 6) is 0. The maximum absolute atomic E-state index is 4.15. The third kappa shape index (κ3) is 3.57. The number of nitrogens with zero attached hydrogens (tertiary/aromatic N) is 2. The molecule has 2 N–H and O–H groups in total. The first kappa shape index (κ1) is 12.1. The summed E-state index contributed by atoms with van der Waals surface area (Å²) in [6.45, 7) is 5.42. The first-order chi connectivity index (χ1) is 7.86. The second kappa shape index (κ2) is 6.37. The van der Waals surface area contributed by atoms with Gasteiger partial charge in [0.05, 0.1) is 10.2 Å². The number of piperidine rings is 1. The number of hydrogen-bond acceptors (Lipinski definition) is 3. The molecule has 1 aliphatic heterocycles. The zero-order valence-electron chi connectivity index (χ0n) is 9.38. The Kier molecular flexibility index (Phi) is 4.81. The van der Waals surface area contributed by atoms with Crippen molar-refractivity contribution in [2.75, 3.05) is 26.2 Å². The van der Waals surface area contributed by atoms with Crippen molar-refractivity contribution in [2.24, 2.45) is 0 Å². The van der Waals surface area contributed by atoms with Crippen LogP contribution in [0.5, 0.6) is 0 Å². The van der Waals surface area contributed by atoms with Crippen LogP contribution in [0.1, 0.15) is 18.5 Å². The summed E-state index contributed by atoms with van der Waals surface area (Å²) in [4.78, 5) is 2.51. The van der Waals surface area contributed by atoms with E-state index in [4.69, 9.17) is 0 Å². The smallest absolute Gasteiger partial charge is 0.0901 e. The lowest BCUT2D eigenvalue weighted by Crippen LogP contribution is -2.35. The van der Waals surface area contributed by atoms with Crippen LogP contribution in [-0.2, 0) is 6.54 Å². The number of likely N-dealkylation sites (tertiary alicyclic amines) is 1. The van der Waals surface area contributed by atoms with E-state index >= 15 is 0 Å². The molecular formula is C11H18BrN4. The molecule has 0 saturated carbocycles. The minimum absolute atomic E-state index is 0.823. The van der Waals surface area contributed by atoms with Crippen LogP contribution in [0.3, 0.4) is 0 Å². The number of hydrogen-bond donors (Lipinski definition) is 2. The average molecular weight is 286 g/mol. The van der Waals surface area contributed by atoms with Gasteiger partial charge in [-0.05, 0) is 48.3 Å². The predicted octanol–water partition coefficient (Wildman–Crippen LogP) is 1.56. The molecule has 1 saturated heterocycles. The SMILES string of the molecule is Brc1c[nH]nc1CNCCN1CC[CH]CC1. The summed E-state index contributed by atoms with van der Waals surface area (Å²) < 4.78 is 1.05. The Morgan fingerprint density at radius 2 is 2.25 bits per heavy atom. The molecule has 89 valence electrons. The third-order valence-corrected chi connectivity index (χ3v) is 3.55. The molecule has 2 heterocycles. The average Bonchev–Trinajstić information content (AvgIpc) is 2.72. The summed E-state index contributed by atoms with van der Waals surface area (Å²) in [6, 6.07) is 0. The van der Waals surface area contributed by atoms with Crippen molar-refractivity contribution in [3.63, 3.8) is 0 Å². The maximum Gasteiger partial charge on any atom is 0.0901 e. The molecule has 0 unspecified atom stereocenters. The van der Waals surface area contributed by atoms with Crippen LogP contribution in [0.25, 0.3) is 0 Å². The standard InChI is InChI=1S/C11H18BrN4/c12-10-8-14-15-11(10)9-13-4-7-16-5-2-1-3-6-16/h1,8,13H,2-7,9H2,(H,14,15).